The lowest BCUT2D eigenvalue weighted by molar-refractivity contribution is 0.247. The van der Waals surface area contributed by atoms with Gasteiger partial charge in [0.05, 0.1) is 5.02 Å². The number of nitrogens with two attached hydrogens (primary N) is 1. The van der Waals surface area contributed by atoms with Gasteiger partial charge in [-0.25, -0.2) is 4.39 Å². The van der Waals surface area contributed by atoms with Crippen LogP contribution in [-0.4, -0.2) is 11.7 Å². The molecule has 1 rings (SSSR count). The first-order valence-corrected chi connectivity index (χ1v) is 4.70. The molecule has 0 amide bonds. The van der Waals surface area contributed by atoms with E-state index in [9.17, 15) is 4.39 Å². The molecule has 0 fully saturated rings. The molecule has 0 bridgehead atoms. The maximum absolute atomic E-state index is 12.9. The van der Waals surface area contributed by atoms with E-state index in [-0.39, 0.29) is 11.6 Å². The first-order chi connectivity index (χ1) is 6.47. The smallest absolute Gasteiger partial charge is 0.141 e. The Bertz CT molecular complexity index is 328. The molecule has 0 saturated carbocycles. The van der Waals surface area contributed by atoms with Crippen LogP contribution in [0.25, 0.3) is 0 Å². The first-order valence-electron chi connectivity index (χ1n) is 4.32. The van der Waals surface area contributed by atoms with Crippen molar-refractivity contribution in [2.75, 3.05) is 6.61 Å². The van der Waals surface area contributed by atoms with Crippen LogP contribution in [0.3, 0.4) is 0 Å². The van der Waals surface area contributed by atoms with Crippen LogP contribution in [0.15, 0.2) is 18.2 Å². The summed E-state index contributed by atoms with van der Waals surface area (Å²) < 4.78 is 12.9. The van der Waals surface area contributed by atoms with Crippen molar-refractivity contribution in [2.24, 2.45) is 5.73 Å². The predicted octanol–water partition coefficient (Wildman–Crippen LogP) is 2.04. The number of hydrogen-bond donors (Lipinski definition) is 2. The molecule has 78 valence electrons. The van der Waals surface area contributed by atoms with E-state index in [1.807, 2.05) is 0 Å². The molecule has 1 aromatic rings. The van der Waals surface area contributed by atoms with E-state index in [4.69, 9.17) is 22.4 Å². The molecule has 4 heteroatoms. The van der Waals surface area contributed by atoms with Gasteiger partial charge in [-0.15, -0.1) is 0 Å². The highest BCUT2D eigenvalue weighted by Gasteiger charge is 2.21. The maximum atomic E-state index is 12.9. The summed E-state index contributed by atoms with van der Waals surface area (Å²) >= 11 is 5.63. The molecule has 0 spiro atoms. The lowest BCUT2D eigenvalue weighted by Crippen LogP contribution is -2.34. The van der Waals surface area contributed by atoms with Crippen molar-refractivity contribution in [3.8, 4) is 0 Å². The van der Waals surface area contributed by atoms with Crippen LogP contribution in [0.1, 0.15) is 18.9 Å². The van der Waals surface area contributed by atoms with E-state index in [0.29, 0.717) is 6.42 Å². The molecule has 2 nitrogen and oxygen atoms in total. The predicted molar refractivity (Wildman–Crippen MR) is 54.7 cm³/mol. The summed E-state index contributed by atoms with van der Waals surface area (Å²) in [5, 5.41) is 8.85. The number of aliphatic hydroxyl groups is 1. The van der Waals surface area contributed by atoms with Crippen LogP contribution < -0.4 is 5.73 Å². The van der Waals surface area contributed by atoms with E-state index in [2.05, 4.69) is 0 Å². The highest BCUT2D eigenvalue weighted by Crippen LogP contribution is 2.25. The minimum atomic E-state index is -0.675. The summed E-state index contributed by atoms with van der Waals surface area (Å²) in [6.07, 6.45) is 0.412. The fourth-order valence-electron chi connectivity index (χ4n) is 1.23. The highest BCUT2D eigenvalue weighted by atomic mass is 35.5. The third kappa shape index (κ3) is 2.44. The molecule has 1 unspecified atom stereocenters. The average molecular weight is 218 g/mol. The Kier molecular flexibility index (Phi) is 3.48. The molecule has 0 aliphatic rings. The Hall–Kier alpha value is -0.640. The second-order valence-corrected chi connectivity index (χ2v) is 3.93. The summed E-state index contributed by atoms with van der Waals surface area (Å²) in [6, 6.07) is 4.35. The van der Waals surface area contributed by atoms with Crippen molar-refractivity contribution in [3.05, 3.63) is 34.6 Å². The van der Waals surface area contributed by atoms with Gasteiger partial charge in [-0.1, -0.05) is 17.7 Å². The van der Waals surface area contributed by atoms with Crippen LogP contribution in [0.2, 0.25) is 5.02 Å². The average Bonchev–Trinajstić information content (AvgIpc) is 2.09. The molecule has 0 aliphatic carbocycles. The number of hydrogen-bond acceptors (Lipinski definition) is 2. The van der Waals surface area contributed by atoms with Gasteiger partial charge in [0.2, 0.25) is 0 Å². The highest BCUT2D eigenvalue weighted by molar-refractivity contribution is 6.30. The second kappa shape index (κ2) is 4.26. The zero-order valence-electron chi connectivity index (χ0n) is 7.93. The van der Waals surface area contributed by atoms with E-state index in [1.165, 1.54) is 12.1 Å². The van der Waals surface area contributed by atoms with Crippen LogP contribution in [-0.2, 0) is 5.54 Å². The zero-order chi connectivity index (χ0) is 10.8. The Morgan fingerprint density at radius 2 is 2.21 bits per heavy atom. The standard InChI is InChI=1S/C10H13ClFNO/c1-10(13,4-5-14)7-2-3-9(12)8(11)6-7/h2-3,6,14H,4-5,13H2,1H3. The van der Waals surface area contributed by atoms with Gasteiger partial charge in [0, 0.05) is 12.1 Å². The Morgan fingerprint density at radius 3 is 2.71 bits per heavy atom. The van der Waals surface area contributed by atoms with Gasteiger partial charge in [0.25, 0.3) is 0 Å². The topological polar surface area (TPSA) is 46.2 Å². The monoisotopic (exact) mass is 217 g/mol. The molecule has 0 heterocycles. The van der Waals surface area contributed by atoms with Crippen LogP contribution in [0.5, 0.6) is 0 Å². The number of halogens is 2. The number of rotatable bonds is 3. The van der Waals surface area contributed by atoms with E-state index in [1.54, 1.807) is 13.0 Å². The summed E-state index contributed by atoms with van der Waals surface area (Å²) in [6.45, 7) is 1.76. The van der Waals surface area contributed by atoms with Crippen molar-refractivity contribution >= 4 is 11.6 Å². The van der Waals surface area contributed by atoms with Crippen molar-refractivity contribution in [2.45, 2.75) is 18.9 Å². The molecule has 0 aromatic heterocycles. The quantitative estimate of drug-likeness (QED) is 0.814. The van der Waals surface area contributed by atoms with Crippen LogP contribution in [0.4, 0.5) is 4.39 Å². The van der Waals surface area contributed by atoms with Gasteiger partial charge in [0.15, 0.2) is 0 Å². The molecule has 1 atom stereocenters. The summed E-state index contributed by atoms with van der Waals surface area (Å²) in [5.74, 6) is -0.463. The van der Waals surface area contributed by atoms with Gasteiger partial charge >= 0.3 is 0 Å². The first kappa shape index (κ1) is 11.4. The molecule has 1 aromatic carbocycles. The van der Waals surface area contributed by atoms with Gasteiger partial charge < -0.3 is 10.8 Å². The molecule has 0 saturated heterocycles. The lowest BCUT2D eigenvalue weighted by atomic mass is 9.90. The van der Waals surface area contributed by atoms with Crippen molar-refractivity contribution in [1.29, 1.82) is 0 Å². The fourth-order valence-corrected chi connectivity index (χ4v) is 1.41. The van der Waals surface area contributed by atoms with E-state index < -0.39 is 11.4 Å². The summed E-state index contributed by atoms with van der Waals surface area (Å²) in [5.41, 5.74) is 5.97. The van der Waals surface area contributed by atoms with Crippen molar-refractivity contribution in [1.82, 2.24) is 0 Å². The normalized spacial score (nSPS) is 15.2. The molecular formula is C10H13ClFNO. The number of aliphatic hydroxyl groups excluding tert-OH is 1. The lowest BCUT2D eigenvalue weighted by Gasteiger charge is -2.24. The van der Waals surface area contributed by atoms with Gasteiger partial charge in [0.1, 0.15) is 5.82 Å². The van der Waals surface area contributed by atoms with Gasteiger partial charge in [-0.3, -0.25) is 0 Å². The minimum absolute atomic E-state index is 0.0119. The maximum Gasteiger partial charge on any atom is 0.141 e. The summed E-state index contributed by atoms with van der Waals surface area (Å²) in [4.78, 5) is 0. The summed E-state index contributed by atoms with van der Waals surface area (Å²) in [7, 11) is 0. The third-order valence-electron chi connectivity index (χ3n) is 2.21. The van der Waals surface area contributed by atoms with E-state index in [0.717, 1.165) is 5.56 Å². The molecule has 0 radical (unpaired) electrons. The Morgan fingerprint density at radius 1 is 1.57 bits per heavy atom. The van der Waals surface area contributed by atoms with Crippen LogP contribution in [0, 0.1) is 5.82 Å². The van der Waals surface area contributed by atoms with Crippen LogP contribution >= 0.6 is 11.6 Å². The molecule has 14 heavy (non-hydrogen) atoms. The number of benzene rings is 1. The van der Waals surface area contributed by atoms with Gasteiger partial charge in [-0.2, -0.15) is 0 Å². The largest absolute Gasteiger partial charge is 0.396 e. The van der Waals surface area contributed by atoms with Crippen molar-refractivity contribution < 1.29 is 9.50 Å². The minimum Gasteiger partial charge on any atom is -0.396 e. The zero-order valence-corrected chi connectivity index (χ0v) is 8.68. The molecule has 0 aliphatic heterocycles. The Labute approximate surface area is 87.5 Å². The SMILES string of the molecule is CC(N)(CCO)c1ccc(F)c(Cl)c1. The Balaban J connectivity index is 3.01. The fraction of sp³-hybridized carbons (Fsp3) is 0.400. The van der Waals surface area contributed by atoms with Gasteiger partial charge in [-0.05, 0) is 31.0 Å². The molecular weight excluding hydrogens is 205 g/mol. The molecule has 3 N–H and O–H groups in total. The second-order valence-electron chi connectivity index (χ2n) is 3.52. The van der Waals surface area contributed by atoms with Crippen molar-refractivity contribution in [3.63, 3.8) is 0 Å². The third-order valence-corrected chi connectivity index (χ3v) is 2.50. The van der Waals surface area contributed by atoms with E-state index >= 15 is 0 Å².